The van der Waals surface area contributed by atoms with Crippen LogP contribution in [0.5, 0.6) is 0 Å². The van der Waals surface area contributed by atoms with Gasteiger partial charge in [0.05, 0.1) is 5.41 Å². The Bertz CT molecular complexity index is 875. The summed E-state index contributed by atoms with van der Waals surface area (Å²) in [5.41, 5.74) is 0.224. The number of halogens is 1. The summed E-state index contributed by atoms with van der Waals surface area (Å²) in [7, 11) is 0. The van der Waals surface area contributed by atoms with E-state index in [9.17, 15) is 19.2 Å². The van der Waals surface area contributed by atoms with E-state index in [1.165, 1.54) is 0 Å². The number of amides is 4. The third-order valence-corrected chi connectivity index (χ3v) is 6.74. The lowest BCUT2D eigenvalue weighted by molar-refractivity contribution is -0.149. The number of benzene rings is 1. The molecule has 3 saturated heterocycles. The number of piperazine rings is 1. The molecule has 1 aromatic carbocycles. The summed E-state index contributed by atoms with van der Waals surface area (Å²) >= 11 is 6.21. The van der Waals surface area contributed by atoms with Crippen LogP contribution >= 0.6 is 11.6 Å². The van der Waals surface area contributed by atoms with E-state index in [0.717, 1.165) is 10.5 Å². The molecule has 4 rings (SSSR count). The van der Waals surface area contributed by atoms with Gasteiger partial charge >= 0.3 is 0 Å². The molecule has 1 aromatic rings. The molecule has 3 fully saturated rings. The Hall–Kier alpha value is -2.45. The predicted molar refractivity (Wildman–Crippen MR) is 112 cm³/mol. The zero-order chi connectivity index (χ0) is 22.0. The van der Waals surface area contributed by atoms with Crippen LogP contribution in [-0.4, -0.2) is 84.3 Å². The predicted octanol–water partition coefficient (Wildman–Crippen LogP) is 1.21. The van der Waals surface area contributed by atoms with Gasteiger partial charge in [-0.25, -0.2) is 0 Å². The molecule has 3 heterocycles. The van der Waals surface area contributed by atoms with Gasteiger partial charge in [0.15, 0.2) is 0 Å². The van der Waals surface area contributed by atoms with Crippen molar-refractivity contribution in [1.29, 1.82) is 0 Å². The number of ether oxygens (including phenoxy) is 1. The molecule has 4 amide bonds. The van der Waals surface area contributed by atoms with E-state index in [1.54, 1.807) is 11.0 Å². The highest BCUT2D eigenvalue weighted by molar-refractivity contribution is 6.30. The van der Waals surface area contributed by atoms with Crippen LogP contribution in [-0.2, 0) is 29.3 Å². The van der Waals surface area contributed by atoms with Crippen LogP contribution < -0.4 is 0 Å². The Labute approximate surface area is 186 Å². The van der Waals surface area contributed by atoms with Crippen molar-refractivity contribution in [2.45, 2.75) is 31.1 Å². The second-order valence-electron chi connectivity index (χ2n) is 8.25. The first-order valence-electron chi connectivity index (χ1n) is 10.6. The van der Waals surface area contributed by atoms with E-state index < -0.39 is 5.41 Å². The van der Waals surface area contributed by atoms with Crippen molar-refractivity contribution < 1.29 is 23.9 Å². The zero-order valence-electron chi connectivity index (χ0n) is 17.3. The van der Waals surface area contributed by atoms with Gasteiger partial charge in [-0.05, 0) is 30.5 Å². The summed E-state index contributed by atoms with van der Waals surface area (Å²) < 4.78 is 5.53. The Kier molecular flexibility index (Phi) is 6.29. The van der Waals surface area contributed by atoms with Crippen LogP contribution in [0, 0.1) is 0 Å². The standard InChI is InChI=1S/C22H26ClN3O5/c23-17-3-1-2-16(14-17)22(6-12-31-13-7-22)21(30)25-10-8-24(9-11-25)20(29)15-26-18(27)4-5-19(26)28/h1-3,14H,4-13,15H2. The summed E-state index contributed by atoms with van der Waals surface area (Å²) in [6, 6.07) is 7.45. The molecule has 0 unspecified atom stereocenters. The van der Waals surface area contributed by atoms with Gasteiger partial charge in [-0.15, -0.1) is 0 Å². The minimum absolute atomic E-state index is 0.0371. The lowest BCUT2D eigenvalue weighted by Crippen LogP contribution is -2.57. The average Bonchev–Trinajstić information content (AvgIpc) is 3.11. The van der Waals surface area contributed by atoms with Crippen molar-refractivity contribution in [3.05, 3.63) is 34.9 Å². The van der Waals surface area contributed by atoms with Crippen molar-refractivity contribution in [2.24, 2.45) is 0 Å². The van der Waals surface area contributed by atoms with Crippen molar-refractivity contribution in [1.82, 2.24) is 14.7 Å². The highest BCUT2D eigenvalue weighted by atomic mass is 35.5. The van der Waals surface area contributed by atoms with Gasteiger partial charge < -0.3 is 14.5 Å². The highest BCUT2D eigenvalue weighted by Gasteiger charge is 2.45. The highest BCUT2D eigenvalue weighted by Crippen LogP contribution is 2.38. The van der Waals surface area contributed by atoms with Crippen LogP contribution in [0.1, 0.15) is 31.2 Å². The van der Waals surface area contributed by atoms with Crippen LogP contribution in [0.3, 0.4) is 0 Å². The summed E-state index contributed by atoms with van der Waals surface area (Å²) in [6.07, 6.45) is 1.52. The van der Waals surface area contributed by atoms with Crippen LogP contribution in [0.15, 0.2) is 24.3 Å². The van der Waals surface area contributed by atoms with E-state index >= 15 is 0 Å². The van der Waals surface area contributed by atoms with Crippen LogP contribution in [0.25, 0.3) is 0 Å². The normalized spacial score (nSPS) is 21.5. The fourth-order valence-corrected chi connectivity index (χ4v) is 4.82. The van der Waals surface area contributed by atoms with Crippen LogP contribution in [0.4, 0.5) is 0 Å². The topological polar surface area (TPSA) is 87.2 Å². The van der Waals surface area contributed by atoms with E-state index in [4.69, 9.17) is 16.3 Å². The molecule has 8 nitrogen and oxygen atoms in total. The molecule has 0 aromatic heterocycles. The molecule has 0 atom stereocenters. The smallest absolute Gasteiger partial charge is 0.242 e. The molecule has 31 heavy (non-hydrogen) atoms. The summed E-state index contributed by atoms with van der Waals surface area (Å²) in [5, 5.41) is 0.595. The van der Waals surface area contributed by atoms with Gasteiger partial charge in [0.2, 0.25) is 23.6 Å². The molecule has 3 aliphatic rings. The van der Waals surface area contributed by atoms with Crippen molar-refractivity contribution >= 4 is 35.2 Å². The number of rotatable bonds is 4. The summed E-state index contributed by atoms with van der Waals surface area (Å²) in [4.78, 5) is 54.3. The zero-order valence-corrected chi connectivity index (χ0v) is 18.1. The first-order chi connectivity index (χ1) is 14.9. The maximum Gasteiger partial charge on any atom is 0.242 e. The van der Waals surface area contributed by atoms with E-state index in [2.05, 4.69) is 0 Å². The first kappa shape index (κ1) is 21.8. The number of carbonyl (C=O) groups excluding carboxylic acids is 4. The molecular weight excluding hydrogens is 422 g/mol. The fraction of sp³-hybridized carbons (Fsp3) is 0.545. The molecule has 0 aliphatic carbocycles. The SMILES string of the molecule is O=C(CN1C(=O)CCC1=O)N1CCN(C(=O)C2(c3cccc(Cl)c3)CCOCC2)CC1. The van der Waals surface area contributed by atoms with Crippen molar-refractivity contribution in [3.63, 3.8) is 0 Å². The number of imide groups is 1. The van der Waals surface area contributed by atoms with Gasteiger partial charge in [0.1, 0.15) is 6.54 Å². The number of hydrogen-bond donors (Lipinski definition) is 0. The van der Waals surface area contributed by atoms with Gasteiger partial charge in [0, 0.05) is 57.3 Å². The molecule has 0 spiro atoms. The Balaban J connectivity index is 1.42. The lowest BCUT2D eigenvalue weighted by atomic mass is 9.73. The maximum absolute atomic E-state index is 13.7. The van der Waals surface area contributed by atoms with E-state index in [1.807, 2.05) is 23.1 Å². The molecule has 0 radical (unpaired) electrons. The lowest BCUT2D eigenvalue weighted by Gasteiger charge is -2.43. The molecule has 166 valence electrons. The number of nitrogens with zero attached hydrogens (tertiary/aromatic N) is 3. The number of hydrogen-bond acceptors (Lipinski definition) is 5. The molecule has 0 saturated carbocycles. The quantitative estimate of drug-likeness (QED) is 0.647. The molecule has 3 aliphatic heterocycles. The minimum Gasteiger partial charge on any atom is -0.381 e. The molecule has 0 N–H and O–H groups in total. The van der Waals surface area contributed by atoms with Crippen molar-refractivity contribution in [3.8, 4) is 0 Å². The second kappa shape index (κ2) is 8.96. The van der Waals surface area contributed by atoms with Gasteiger partial charge in [0.25, 0.3) is 0 Å². The van der Waals surface area contributed by atoms with E-state index in [-0.39, 0.29) is 43.0 Å². The molecule has 0 bridgehead atoms. The van der Waals surface area contributed by atoms with E-state index in [0.29, 0.717) is 57.3 Å². The largest absolute Gasteiger partial charge is 0.381 e. The third kappa shape index (κ3) is 4.32. The molecule has 9 heteroatoms. The Morgan fingerprint density at radius 2 is 1.58 bits per heavy atom. The van der Waals surface area contributed by atoms with Gasteiger partial charge in [-0.2, -0.15) is 0 Å². The Morgan fingerprint density at radius 1 is 0.968 bits per heavy atom. The summed E-state index contributed by atoms with van der Waals surface area (Å²) in [5.74, 6) is -0.813. The molecular formula is C22H26ClN3O5. The Morgan fingerprint density at radius 3 is 2.19 bits per heavy atom. The maximum atomic E-state index is 13.7. The van der Waals surface area contributed by atoms with Gasteiger partial charge in [-0.3, -0.25) is 24.1 Å². The average molecular weight is 448 g/mol. The van der Waals surface area contributed by atoms with Crippen molar-refractivity contribution in [2.75, 3.05) is 45.9 Å². The number of carbonyl (C=O) groups is 4. The second-order valence-corrected chi connectivity index (χ2v) is 8.69. The summed E-state index contributed by atoms with van der Waals surface area (Å²) in [6.45, 7) is 2.38. The monoisotopic (exact) mass is 447 g/mol. The first-order valence-corrected chi connectivity index (χ1v) is 11.0. The van der Waals surface area contributed by atoms with Gasteiger partial charge in [-0.1, -0.05) is 23.7 Å². The fourth-order valence-electron chi connectivity index (χ4n) is 4.63. The van der Waals surface area contributed by atoms with Crippen LogP contribution in [0.2, 0.25) is 5.02 Å². The third-order valence-electron chi connectivity index (χ3n) is 6.50. The minimum atomic E-state index is -0.677. The number of likely N-dealkylation sites (tertiary alicyclic amines) is 1.